The van der Waals surface area contributed by atoms with Gasteiger partial charge in [-0.25, -0.2) is 14.8 Å². The molecule has 0 aliphatic heterocycles. The highest BCUT2D eigenvalue weighted by Gasteiger charge is 2.10. The summed E-state index contributed by atoms with van der Waals surface area (Å²) < 4.78 is 5.39. The molecule has 1 aromatic heterocycles. The number of benzene rings is 1. The minimum atomic E-state index is -1.10. The summed E-state index contributed by atoms with van der Waals surface area (Å²) in [6.07, 6.45) is 3.21. The summed E-state index contributed by atoms with van der Waals surface area (Å²) in [6.45, 7) is 0.168. The molecule has 1 aromatic carbocycles. The first-order valence-electron chi connectivity index (χ1n) is 5.08. The molecular weight excluding hydrogens is 256 g/mol. The minimum absolute atomic E-state index is 0.00291. The van der Waals surface area contributed by atoms with Crippen molar-refractivity contribution in [2.24, 2.45) is 0 Å². The molecular formula is C12H9ClN2O3. The quantitative estimate of drug-likeness (QED) is 0.918. The molecule has 6 heteroatoms. The summed E-state index contributed by atoms with van der Waals surface area (Å²) in [6, 6.07) is 6.14. The highest BCUT2D eigenvalue weighted by atomic mass is 35.5. The third-order valence-corrected chi connectivity index (χ3v) is 2.49. The normalized spacial score (nSPS) is 10.1. The molecule has 18 heavy (non-hydrogen) atoms. The van der Waals surface area contributed by atoms with Crippen LogP contribution in [-0.2, 0) is 6.61 Å². The fourth-order valence-electron chi connectivity index (χ4n) is 1.31. The van der Waals surface area contributed by atoms with E-state index >= 15 is 0 Å². The number of aromatic carboxylic acids is 1. The average Bonchev–Trinajstić information content (AvgIpc) is 2.38. The van der Waals surface area contributed by atoms with Crippen molar-refractivity contribution in [1.82, 2.24) is 9.97 Å². The first-order valence-corrected chi connectivity index (χ1v) is 5.46. The van der Waals surface area contributed by atoms with Crippen LogP contribution in [0.5, 0.6) is 5.75 Å². The first-order chi connectivity index (χ1) is 8.66. The number of carboxylic acid groups (broad SMARTS) is 1. The molecule has 0 saturated carbocycles. The van der Waals surface area contributed by atoms with Gasteiger partial charge in [-0.1, -0.05) is 11.6 Å². The second kappa shape index (κ2) is 5.46. The zero-order valence-corrected chi connectivity index (χ0v) is 9.96. The molecule has 0 unspecified atom stereocenters. The van der Waals surface area contributed by atoms with Gasteiger partial charge in [0.2, 0.25) is 0 Å². The molecule has 1 heterocycles. The highest BCUT2D eigenvalue weighted by molar-refractivity contribution is 6.33. The fraction of sp³-hybridized carbons (Fsp3) is 0.0833. The summed E-state index contributed by atoms with van der Waals surface area (Å²) in [4.78, 5) is 18.9. The van der Waals surface area contributed by atoms with Gasteiger partial charge in [-0.05, 0) is 24.3 Å². The second-order valence-corrected chi connectivity index (χ2v) is 3.81. The SMILES string of the molecule is O=C(O)c1cc(OCc2ncccn2)ccc1Cl. The topological polar surface area (TPSA) is 72.3 Å². The third-order valence-electron chi connectivity index (χ3n) is 2.16. The van der Waals surface area contributed by atoms with E-state index in [0.717, 1.165) is 0 Å². The van der Waals surface area contributed by atoms with Crippen LogP contribution in [0.25, 0.3) is 0 Å². The van der Waals surface area contributed by atoms with Gasteiger partial charge in [-0.2, -0.15) is 0 Å². The van der Waals surface area contributed by atoms with E-state index in [1.807, 2.05) is 0 Å². The van der Waals surface area contributed by atoms with Crippen LogP contribution in [0.4, 0.5) is 0 Å². The van der Waals surface area contributed by atoms with Crippen molar-refractivity contribution in [3.8, 4) is 5.75 Å². The van der Waals surface area contributed by atoms with Crippen molar-refractivity contribution in [3.63, 3.8) is 0 Å². The summed E-state index contributed by atoms with van der Waals surface area (Å²) in [5.74, 6) is -0.171. The van der Waals surface area contributed by atoms with Gasteiger partial charge in [0, 0.05) is 12.4 Å². The van der Waals surface area contributed by atoms with Crippen molar-refractivity contribution in [1.29, 1.82) is 0 Å². The van der Waals surface area contributed by atoms with Crippen LogP contribution in [0.3, 0.4) is 0 Å². The smallest absolute Gasteiger partial charge is 0.337 e. The minimum Gasteiger partial charge on any atom is -0.486 e. The molecule has 0 amide bonds. The Balaban J connectivity index is 2.11. The summed E-state index contributed by atoms with van der Waals surface area (Å²) in [7, 11) is 0. The fourth-order valence-corrected chi connectivity index (χ4v) is 1.51. The molecule has 0 fully saturated rings. The van der Waals surface area contributed by atoms with E-state index in [0.29, 0.717) is 11.6 Å². The van der Waals surface area contributed by atoms with Crippen molar-refractivity contribution in [2.45, 2.75) is 6.61 Å². The van der Waals surface area contributed by atoms with Crippen LogP contribution in [-0.4, -0.2) is 21.0 Å². The van der Waals surface area contributed by atoms with Gasteiger partial charge in [-0.3, -0.25) is 0 Å². The van der Waals surface area contributed by atoms with Crippen LogP contribution in [0, 0.1) is 0 Å². The Kier molecular flexibility index (Phi) is 3.74. The molecule has 0 aliphatic carbocycles. The number of ether oxygens (including phenoxy) is 1. The van der Waals surface area contributed by atoms with Gasteiger partial charge >= 0.3 is 5.97 Å². The molecule has 0 aliphatic rings. The van der Waals surface area contributed by atoms with Crippen LogP contribution in [0.1, 0.15) is 16.2 Å². The van der Waals surface area contributed by atoms with E-state index in [1.54, 1.807) is 24.5 Å². The van der Waals surface area contributed by atoms with Crippen molar-refractivity contribution >= 4 is 17.6 Å². The van der Waals surface area contributed by atoms with Gasteiger partial charge in [0.05, 0.1) is 10.6 Å². The van der Waals surface area contributed by atoms with Crippen LogP contribution in [0.15, 0.2) is 36.7 Å². The second-order valence-electron chi connectivity index (χ2n) is 3.40. The van der Waals surface area contributed by atoms with Gasteiger partial charge in [0.1, 0.15) is 12.4 Å². The number of nitrogens with zero attached hydrogens (tertiary/aromatic N) is 2. The maximum Gasteiger partial charge on any atom is 0.337 e. The van der Waals surface area contributed by atoms with E-state index < -0.39 is 5.97 Å². The molecule has 2 rings (SSSR count). The standard InChI is InChI=1S/C12H9ClN2O3/c13-10-3-2-8(6-9(10)12(16)17)18-7-11-14-4-1-5-15-11/h1-6H,7H2,(H,16,17). The van der Waals surface area contributed by atoms with Gasteiger partial charge in [-0.15, -0.1) is 0 Å². The molecule has 0 spiro atoms. The van der Waals surface area contributed by atoms with E-state index in [4.69, 9.17) is 21.4 Å². The lowest BCUT2D eigenvalue weighted by molar-refractivity contribution is 0.0696. The van der Waals surface area contributed by atoms with Gasteiger partial charge < -0.3 is 9.84 Å². The Labute approximate surface area is 108 Å². The molecule has 2 aromatic rings. The van der Waals surface area contributed by atoms with E-state index in [2.05, 4.69) is 9.97 Å². The predicted octanol–water partition coefficient (Wildman–Crippen LogP) is 2.41. The Morgan fingerprint density at radius 1 is 1.33 bits per heavy atom. The third kappa shape index (κ3) is 2.95. The molecule has 5 nitrogen and oxygen atoms in total. The van der Waals surface area contributed by atoms with Crippen molar-refractivity contribution in [3.05, 3.63) is 53.1 Å². The average molecular weight is 265 g/mol. The lowest BCUT2D eigenvalue weighted by Gasteiger charge is -2.06. The van der Waals surface area contributed by atoms with Crippen molar-refractivity contribution in [2.75, 3.05) is 0 Å². The lowest BCUT2D eigenvalue weighted by atomic mass is 10.2. The number of halogens is 1. The van der Waals surface area contributed by atoms with Crippen LogP contribution in [0.2, 0.25) is 5.02 Å². The van der Waals surface area contributed by atoms with E-state index in [-0.39, 0.29) is 17.2 Å². The largest absolute Gasteiger partial charge is 0.486 e. The number of aromatic nitrogens is 2. The zero-order valence-electron chi connectivity index (χ0n) is 9.21. The van der Waals surface area contributed by atoms with Crippen LogP contribution < -0.4 is 4.74 Å². The lowest BCUT2D eigenvalue weighted by Crippen LogP contribution is -2.02. The first kappa shape index (κ1) is 12.3. The highest BCUT2D eigenvalue weighted by Crippen LogP contribution is 2.22. The van der Waals surface area contributed by atoms with E-state index in [9.17, 15) is 4.79 Å². The maximum absolute atomic E-state index is 10.9. The molecule has 0 bridgehead atoms. The number of hydrogen-bond donors (Lipinski definition) is 1. The number of hydrogen-bond acceptors (Lipinski definition) is 4. The Bertz CT molecular complexity index is 561. The predicted molar refractivity (Wildman–Crippen MR) is 64.8 cm³/mol. The number of carboxylic acids is 1. The Morgan fingerprint density at radius 3 is 2.72 bits per heavy atom. The van der Waals surface area contributed by atoms with E-state index in [1.165, 1.54) is 12.1 Å². The summed E-state index contributed by atoms with van der Waals surface area (Å²) in [5.41, 5.74) is 0.00291. The molecule has 1 N–H and O–H groups in total. The number of rotatable bonds is 4. The molecule has 0 atom stereocenters. The summed E-state index contributed by atoms with van der Waals surface area (Å²) >= 11 is 5.75. The number of carbonyl (C=O) groups is 1. The summed E-state index contributed by atoms with van der Waals surface area (Å²) in [5, 5.41) is 9.08. The van der Waals surface area contributed by atoms with Gasteiger partial charge in [0.15, 0.2) is 5.82 Å². The van der Waals surface area contributed by atoms with Crippen molar-refractivity contribution < 1.29 is 14.6 Å². The molecule has 0 radical (unpaired) electrons. The Hall–Kier alpha value is -2.14. The zero-order chi connectivity index (χ0) is 13.0. The maximum atomic E-state index is 10.9. The van der Waals surface area contributed by atoms with Gasteiger partial charge in [0.25, 0.3) is 0 Å². The molecule has 0 saturated heterocycles. The van der Waals surface area contributed by atoms with Crippen LogP contribution >= 0.6 is 11.6 Å². The Morgan fingerprint density at radius 2 is 2.06 bits per heavy atom. The molecule has 92 valence electrons. The monoisotopic (exact) mass is 264 g/mol.